The second-order valence-corrected chi connectivity index (χ2v) is 1.88. The maximum atomic E-state index is 10.5. The van der Waals surface area contributed by atoms with E-state index < -0.39 is 0 Å². The fourth-order valence-electron chi connectivity index (χ4n) is 0.591. The minimum Gasteiger partial charge on any atom is -0.263 e. The summed E-state index contributed by atoms with van der Waals surface area (Å²) in [7, 11) is 0. The third kappa shape index (κ3) is 0.996. The van der Waals surface area contributed by atoms with Gasteiger partial charge in [0.25, 0.3) is 0 Å². The average molecular weight is 100 g/mol. The van der Waals surface area contributed by atoms with Crippen LogP contribution >= 0.6 is 0 Å². The maximum Gasteiger partial charge on any atom is 0.312 e. The van der Waals surface area contributed by atoms with Crippen molar-refractivity contribution in [2.75, 3.05) is 13.1 Å². The van der Waals surface area contributed by atoms with Crippen molar-refractivity contribution >= 4 is 5.91 Å². The zero-order chi connectivity index (χ0) is 5.28. The molecule has 1 N–H and O–H groups in total. The van der Waals surface area contributed by atoms with Gasteiger partial charge in [-0.3, -0.25) is 4.90 Å². The smallest absolute Gasteiger partial charge is 0.263 e. The number of carbonyl (C=O) groups is 1. The Morgan fingerprint density at radius 3 is 2.43 bits per heavy atom. The van der Waals surface area contributed by atoms with Crippen molar-refractivity contribution in [3.63, 3.8) is 0 Å². The van der Waals surface area contributed by atoms with Crippen LogP contribution in [0.25, 0.3) is 0 Å². The molecule has 0 unspecified atom stereocenters. The van der Waals surface area contributed by atoms with Crippen molar-refractivity contribution in [1.82, 2.24) is 0 Å². The van der Waals surface area contributed by atoms with E-state index in [1.54, 1.807) is 0 Å². The third-order valence-corrected chi connectivity index (χ3v) is 1.22. The molecule has 1 aliphatic heterocycles. The monoisotopic (exact) mass is 100 g/mol. The summed E-state index contributed by atoms with van der Waals surface area (Å²) in [5, 5.41) is 0. The van der Waals surface area contributed by atoms with Crippen molar-refractivity contribution in [2.24, 2.45) is 0 Å². The first-order chi connectivity index (χ1) is 3.34. The highest BCUT2D eigenvalue weighted by Gasteiger charge is 2.29. The zero-order valence-electron chi connectivity index (χ0n) is 4.53. The molecular formula is C5H10NO+. The molecule has 0 saturated carbocycles. The molecule has 0 atom stereocenters. The number of rotatable bonds is 1. The van der Waals surface area contributed by atoms with E-state index >= 15 is 0 Å². The summed E-state index contributed by atoms with van der Waals surface area (Å²) < 4.78 is 0. The lowest BCUT2D eigenvalue weighted by Gasteiger charge is -1.84. The van der Waals surface area contributed by atoms with Crippen LogP contribution in [0.5, 0.6) is 0 Å². The van der Waals surface area contributed by atoms with E-state index in [1.807, 2.05) is 6.92 Å². The van der Waals surface area contributed by atoms with Crippen LogP contribution in [0.1, 0.15) is 13.3 Å². The topological polar surface area (TPSA) is 21.5 Å². The highest BCUT2D eigenvalue weighted by atomic mass is 16.2. The molecule has 1 amide bonds. The first-order valence-electron chi connectivity index (χ1n) is 2.72. The van der Waals surface area contributed by atoms with E-state index in [0.29, 0.717) is 12.3 Å². The minimum atomic E-state index is 0.375. The molecule has 7 heavy (non-hydrogen) atoms. The Hall–Kier alpha value is -0.370. The van der Waals surface area contributed by atoms with Crippen molar-refractivity contribution in [2.45, 2.75) is 13.3 Å². The SMILES string of the molecule is CCC(=O)[NH+]1CC1. The Bertz CT molecular complexity index is 86.1. The molecule has 40 valence electrons. The van der Waals surface area contributed by atoms with Crippen molar-refractivity contribution < 1.29 is 9.69 Å². The van der Waals surface area contributed by atoms with Crippen LogP contribution in [0.15, 0.2) is 0 Å². The molecule has 1 aliphatic rings. The summed E-state index contributed by atoms with van der Waals surface area (Å²) in [6.07, 6.45) is 0.704. The minimum absolute atomic E-state index is 0.375. The average Bonchev–Trinajstić information content (AvgIpc) is 2.44. The van der Waals surface area contributed by atoms with Crippen LogP contribution in [0.3, 0.4) is 0 Å². The molecule has 1 rings (SSSR count). The Balaban J connectivity index is 2.24. The molecule has 0 aromatic heterocycles. The van der Waals surface area contributed by atoms with Gasteiger partial charge in [0.1, 0.15) is 13.1 Å². The first kappa shape index (κ1) is 4.78. The number of hydrogen-bond donors (Lipinski definition) is 1. The molecular weight excluding hydrogens is 90.1 g/mol. The number of amides is 1. The van der Waals surface area contributed by atoms with E-state index in [-0.39, 0.29) is 0 Å². The number of quaternary nitrogens is 1. The molecule has 1 saturated heterocycles. The Morgan fingerprint density at radius 2 is 2.29 bits per heavy atom. The van der Waals surface area contributed by atoms with Crippen LogP contribution in [0.4, 0.5) is 0 Å². The predicted octanol–water partition coefficient (Wildman–Crippen LogP) is -1.18. The van der Waals surface area contributed by atoms with Gasteiger partial charge in [0.05, 0.1) is 6.42 Å². The first-order valence-corrected chi connectivity index (χ1v) is 2.72. The fourth-order valence-corrected chi connectivity index (χ4v) is 0.591. The van der Waals surface area contributed by atoms with Gasteiger partial charge in [0.15, 0.2) is 0 Å². The van der Waals surface area contributed by atoms with Crippen molar-refractivity contribution in [1.29, 1.82) is 0 Å². The van der Waals surface area contributed by atoms with E-state index in [1.165, 1.54) is 0 Å². The van der Waals surface area contributed by atoms with E-state index in [0.717, 1.165) is 18.0 Å². The van der Waals surface area contributed by atoms with Gasteiger partial charge in [-0.25, -0.2) is 4.79 Å². The maximum absolute atomic E-state index is 10.5. The lowest BCUT2D eigenvalue weighted by Crippen LogP contribution is -2.95. The molecule has 0 bridgehead atoms. The third-order valence-electron chi connectivity index (χ3n) is 1.22. The van der Waals surface area contributed by atoms with Gasteiger partial charge in [-0.2, -0.15) is 0 Å². The number of carbonyl (C=O) groups excluding carboxylic acids is 1. The molecule has 0 radical (unpaired) electrons. The summed E-state index contributed by atoms with van der Waals surface area (Å²) in [5.74, 6) is 0.375. The van der Waals surface area contributed by atoms with Crippen molar-refractivity contribution in [3.8, 4) is 0 Å². The standard InChI is InChI=1S/C5H9NO/c1-2-5(7)6-3-4-6/h2-4H2,1H3/p+1. The van der Waals surface area contributed by atoms with Crippen LogP contribution in [-0.2, 0) is 4.79 Å². The zero-order valence-corrected chi connectivity index (χ0v) is 4.53. The van der Waals surface area contributed by atoms with Crippen LogP contribution in [0, 0.1) is 0 Å². The van der Waals surface area contributed by atoms with Gasteiger partial charge in [-0.15, -0.1) is 0 Å². The molecule has 0 aromatic rings. The summed E-state index contributed by atoms with van der Waals surface area (Å²) in [6, 6.07) is 0. The van der Waals surface area contributed by atoms with Gasteiger partial charge < -0.3 is 0 Å². The van der Waals surface area contributed by atoms with E-state index in [4.69, 9.17) is 0 Å². The number of hydrogen-bond acceptors (Lipinski definition) is 1. The second kappa shape index (κ2) is 1.62. The predicted molar refractivity (Wildman–Crippen MR) is 26.0 cm³/mol. The van der Waals surface area contributed by atoms with Crippen LogP contribution < -0.4 is 4.90 Å². The molecule has 1 fully saturated rings. The summed E-state index contributed by atoms with van der Waals surface area (Å²) in [6.45, 7) is 4.06. The van der Waals surface area contributed by atoms with Crippen molar-refractivity contribution in [3.05, 3.63) is 0 Å². The molecule has 0 aromatic carbocycles. The quantitative estimate of drug-likeness (QED) is 0.412. The summed E-state index contributed by atoms with van der Waals surface area (Å²) in [4.78, 5) is 11.7. The fraction of sp³-hybridized carbons (Fsp3) is 0.800. The van der Waals surface area contributed by atoms with E-state index in [2.05, 4.69) is 0 Å². The lowest BCUT2D eigenvalue weighted by molar-refractivity contribution is -0.670. The summed E-state index contributed by atoms with van der Waals surface area (Å²) in [5.41, 5.74) is 0. The number of nitrogens with one attached hydrogen (secondary N) is 1. The highest BCUT2D eigenvalue weighted by molar-refractivity contribution is 5.66. The van der Waals surface area contributed by atoms with Gasteiger partial charge >= 0.3 is 5.91 Å². The van der Waals surface area contributed by atoms with Gasteiger partial charge in [0, 0.05) is 0 Å². The lowest BCUT2D eigenvalue weighted by atomic mass is 10.5. The van der Waals surface area contributed by atoms with Gasteiger partial charge in [-0.05, 0) is 0 Å². The Labute approximate surface area is 43.1 Å². The Morgan fingerprint density at radius 1 is 1.71 bits per heavy atom. The van der Waals surface area contributed by atoms with E-state index in [9.17, 15) is 4.79 Å². The second-order valence-electron chi connectivity index (χ2n) is 1.88. The van der Waals surface area contributed by atoms with Crippen LogP contribution in [0.2, 0.25) is 0 Å². The molecule has 0 spiro atoms. The Kier molecular flexibility index (Phi) is 1.11. The molecule has 2 nitrogen and oxygen atoms in total. The summed E-state index contributed by atoms with van der Waals surface area (Å²) >= 11 is 0. The van der Waals surface area contributed by atoms with Gasteiger partial charge in [0.2, 0.25) is 0 Å². The largest absolute Gasteiger partial charge is 0.312 e. The van der Waals surface area contributed by atoms with Crippen LogP contribution in [-0.4, -0.2) is 19.0 Å². The normalized spacial score (nSPS) is 19.6. The molecule has 1 heterocycles. The molecule has 2 heteroatoms. The molecule has 0 aliphatic carbocycles. The van der Waals surface area contributed by atoms with Gasteiger partial charge in [-0.1, -0.05) is 6.92 Å². The highest BCUT2D eigenvalue weighted by Crippen LogP contribution is 1.72.